The number of benzene rings is 1. The fourth-order valence-electron chi connectivity index (χ4n) is 2.58. The number of tetrazole rings is 1. The Balaban J connectivity index is 1.50. The summed E-state index contributed by atoms with van der Waals surface area (Å²) >= 11 is 0. The molecule has 3 heterocycles. The zero-order valence-electron chi connectivity index (χ0n) is 12.7. The molecular weight excluding hydrogens is 296 g/mol. The number of rotatable bonds is 4. The van der Waals surface area contributed by atoms with E-state index in [2.05, 4.69) is 25.7 Å². The van der Waals surface area contributed by atoms with Crippen molar-refractivity contribution in [1.29, 1.82) is 0 Å². The second kappa shape index (κ2) is 5.88. The van der Waals surface area contributed by atoms with Gasteiger partial charge in [0.15, 0.2) is 5.82 Å². The van der Waals surface area contributed by atoms with Gasteiger partial charge in [-0.2, -0.15) is 4.98 Å². The lowest BCUT2D eigenvalue weighted by molar-refractivity contribution is 0.192. The molecule has 0 amide bonds. The van der Waals surface area contributed by atoms with Crippen molar-refractivity contribution in [3.8, 4) is 11.5 Å². The summed E-state index contributed by atoms with van der Waals surface area (Å²) in [5, 5.41) is 15.5. The van der Waals surface area contributed by atoms with E-state index < -0.39 is 0 Å². The van der Waals surface area contributed by atoms with Gasteiger partial charge in [-0.1, -0.05) is 17.3 Å². The Morgan fingerprint density at radius 1 is 1.26 bits per heavy atom. The summed E-state index contributed by atoms with van der Waals surface area (Å²) in [7, 11) is 0. The van der Waals surface area contributed by atoms with Crippen molar-refractivity contribution in [3.63, 3.8) is 0 Å². The van der Waals surface area contributed by atoms with E-state index in [1.165, 1.54) is 0 Å². The zero-order chi connectivity index (χ0) is 15.6. The van der Waals surface area contributed by atoms with Crippen LogP contribution in [0.3, 0.4) is 0 Å². The van der Waals surface area contributed by atoms with Crippen molar-refractivity contribution >= 4 is 0 Å². The van der Waals surface area contributed by atoms with E-state index in [0.717, 1.165) is 35.8 Å². The largest absolute Gasteiger partial charge is 0.381 e. The van der Waals surface area contributed by atoms with Crippen molar-refractivity contribution in [2.24, 2.45) is 0 Å². The van der Waals surface area contributed by atoms with Crippen LogP contribution in [-0.4, -0.2) is 43.6 Å². The lowest BCUT2D eigenvalue weighted by Crippen LogP contribution is -2.04. The van der Waals surface area contributed by atoms with Gasteiger partial charge in [0.2, 0.25) is 0 Å². The molecule has 1 fully saturated rings. The molecule has 4 rings (SSSR count). The van der Waals surface area contributed by atoms with Crippen LogP contribution in [0.2, 0.25) is 0 Å². The Labute approximate surface area is 132 Å². The number of hydrogen-bond acceptors (Lipinski definition) is 7. The van der Waals surface area contributed by atoms with E-state index in [1.807, 2.05) is 31.2 Å². The summed E-state index contributed by atoms with van der Waals surface area (Å²) in [6.07, 6.45) is 0.948. The van der Waals surface area contributed by atoms with Crippen LogP contribution < -0.4 is 0 Å². The Hall–Kier alpha value is -2.61. The van der Waals surface area contributed by atoms with Gasteiger partial charge in [0.1, 0.15) is 5.82 Å². The molecule has 8 heteroatoms. The highest BCUT2D eigenvalue weighted by Gasteiger charge is 2.23. The SMILES string of the molecule is Cc1nnnn1Cc1ccc(-c2nc([C@@H]3CCOC3)no2)cc1. The Kier molecular flexibility index (Phi) is 3.58. The molecule has 23 heavy (non-hydrogen) atoms. The van der Waals surface area contributed by atoms with Gasteiger partial charge >= 0.3 is 0 Å². The van der Waals surface area contributed by atoms with Gasteiger partial charge < -0.3 is 9.26 Å². The van der Waals surface area contributed by atoms with Crippen LogP contribution in [0.5, 0.6) is 0 Å². The zero-order valence-corrected chi connectivity index (χ0v) is 12.7. The number of aromatic nitrogens is 6. The highest BCUT2D eigenvalue weighted by Crippen LogP contribution is 2.25. The number of hydrogen-bond donors (Lipinski definition) is 0. The second-order valence-electron chi connectivity index (χ2n) is 5.60. The minimum absolute atomic E-state index is 0.245. The first-order valence-corrected chi connectivity index (χ1v) is 7.53. The minimum Gasteiger partial charge on any atom is -0.381 e. The van der Waals surface area contributed by atoms with E-state index in [0.29, 0.717) is 19.0 Å². The molecule has 8 nitrogen and oxygen atoms in total. The lowest BCUT2D eigenvalue weighted by atomic mass is 10.1. The van der Waals surface area contributed by atoms with Gasteiger partial charge in [0, 0.05) is 18.1 Å². The molecule has 0 aliphatic carbocycles. The molecule has 1 saturated heterocycles. The first-order valence-electron chi connectivity index (χ1n) is 7.53. The van der Waals surface area contributed by atoms with E-state index in [4.69, 9.17) is 9.26 Å². The third-order valence-corrected chi connectivity index (χ3v) is 3.98. The highest BCUT2D eigenvalue weighted by molar-refractivity contribution is 5.53. The van der Waals surface area contributed by atoms with Crippen molar-refractivity contribution in [3.05, 3.63) is 41.5 Å². The van der Waals surface area contributed by atoms with Crippen molar-refractivity contribution in [2.45, 2.75) is 25.8 Å². The van der Waals surface area contributed by atoms with Gasteiger partial charge in [-0.05, 0) is 41.5 Å². The minimum atomic E-state index is 0.245. The van der Waals surface area contributed by atoms with Crippen LogP contribution in [0.1, 0.15) is 29.6 Å². The molecule has 0 unspecified atom stereocenters. The van der Waals surface area contributed by atoms with Crippen molar-refractivity contribution in [1.82, 2.24) is 30.3 Å². The molecule has 0 N–H and O–H groups in total. The van der Waals surface area contributed by atoms with Gasteiger partial charge in [-0.3, -0.25) is 0 Å². The van der Waals surface area contributed by atoms with Crippen molar-refractivity contribution in [2.75, 3.05) is 13.2 Å². The maximum Gasteiger partial charge on any atom is 0.257 e. The fraction of sp³-hybridized carbons (Fsp3) is 0.400. The van der Waals surface area contributed by atoms with Crippen LogP contribution in [-0.2, 0) is 11.3 Å². The van der Waals surface area contributed by atoms with Crippen molar-refractivity contribution < 1.29 is 9.26 Å². The maximum absolute atomic E-state index is 5.37. The maximum atomic E-state index is 5.37. The average Bonchev–Trinajstić information content (AvgIpc) is 3.30. The summed E-state index contributed by atoms with van der Waals surface area (Å²) < 4.78 is 12.5. The Morgan fingerprint density at radius 3 is 2.83 bits per heavy atom. The van der Waals surface area contributed by atoms with Crippen LogP contribution in [0.4, 0.5) is 0 Å². The normalized spacial score (nSPS) is 17.7. The van der Waals surface area contributed by atoms with Gasteiger partial charge in [-0.15, -0.1) is 5.10 Å². The second-order valence-corrected chi connectivity index (χ2v) is 5.60. The summed E-state index contributed by atoms with van der Waals surface area (Å²) in [5.74, 6) is 2.30. The Morgan fingerprint density at radius 2 is 2.13 bits per heavy atom. The van der Waals surface area contributed by atoms with E-state index >= 15 is 0 Å². The van der Waals surface area contributed by atoms with Crippen LogP contribution >= 0.6 is 0 Å². The van der Waals surface area contributed by atoms with Gasteiger partial charge in [-0.25, -0.2) is 4.68 Å². The lowest BCUT2D eigenvalue weighted by Gasteiger charge is -2.02. The van der Waals surface area contributed by atoms with E-state index in [-0.39, 0.29) is 5.92 Å². The number of ether oxygens (including phenoxy) is 1. The smallest absolute Gasteiger partial charge is 0.257 e. The summed E-state index contributed by atoms with van der Waals surface area (Å²) in [6.45, 7) is 3.94. The molecule has 118 valence electrons. The summed E-state index contributed by atoms with van der Waals surface area (Å²) in [5.41, 5.74) is 2.01. The first-order chi connectivity index (χ1) is 11.3. The third kappa shape index (κ3) is 2.85. The molecule has 3 aromatic rings. The Bertz CT molecular complexity index is 788. The molecule has 0 bridgehead atoms. The van der Waals surface area contributed by atoms with Gasteiger partial charge in [0.25, 0.3) is 5.89 Å². The monoisotopic (exact) mass is 312 g/mol. The standard InChI is InChI=1S/C15H16N6O2/c1-10-17-19-20-21(10)8-11-2-4-12(5-3-11)15-16-14(18-23-15)13-6-7-22-9-13/h2-5,13H,6-9H2,1H3/t13-/m1/s1. The quantitative estimate of drug-likeness (QED) is 0.722. The molecule has 1 aliphatic rings. The summed E-state index contributed by atoms with van der Waals surface area (Å²) in [6, 6.07) is 7.97. The number of aryl methyl sites for hydroxylation is 1. The van der Waals surface area contributed by atoms with Crippen LogP contribution in [0.15, 0.2) is 28.8 Å². The van der Waals surface area contributed by atoms with Crippen LogP contribution in [0.25, 0.3) is 11.5 Å². The van der Waals surface area contributed by atoms with Gasteiger partial charge in [0.05, 0.1) is 13.2 Å². The fourth-order valence-corrected chi connectivity index (χ4v) is 2.58. The molecule has 0 saturated carbocycles. The molecule has 0 spiro atoms. The predicted molar refractivity (Wildman–Crippen MR) is 79.6 cm³/mol. The van der Waals surface area contributed by atoms with E-state index in [9.17, 15) is 0 Å². The molecule has 0 radical (unpaired) electrons. The molecule has 1 aliphatic heterocycles. The predicted octanol–water partition coefficient (Wildman–Crippen LogP) is 1.58. The third-order valence-electron chi connectivity index (χ3n) is 3.98. The first kappa shape index (κ1) is 14.0. The van der Waals surface area contributed by atoms with E-state index in [1.54, 1.807) is 4.68 Å². The summed E-state index contributed by atoms with van der Waals surface area (Å²) in [4.78, 5) is 4.49. The topological polar surface area (TPSA) is 91.8 Å². The average molecular weight is 312 g/mol. The van der Waals surface area contributed by atoms with Crippen LogP contribution in [0, 0.1) is 6.92 Å². The number of nitrogens with zero attached hydrogens (tertiary/aromatic N) is 6. The molecule has 1 atom stereocenters. The highest BCUT2D eigenvalue weighted by atomic mass is 16.5. The molecule has 1 aromatic carbocycles. The molecule has 2 aromatic heterocycles. The molecular formula is C15H16N6O2.